The van der Waals surface area contributed by atoms with Gasteiger partial charge in [-0.15, -0.1) is 0 Å². The maximum Gasteiger partial charge on any atom is 0.472 e. The summed E-state index contributed by atoms with van der Waals surface area (Å²) in [5, 5.41) is 14.1. The number of hydrogen-bond acceptors (Lipinski definition) is 5. The van der Waals surface area contributed by atoms with E-state index in [1.54, 1.807) is 0 Å². The first kappa shape index (κ1) is 71.9. The monoisotopic (exact) mass is 1060 g/mol. The van der Waals surface area contributed by atoms with Crippen molar-refractivity contribution in [1.29, 1.82) is 0 Å². The summed E-state index contributed by atoms with van der Waals surface area (Å²) >= 11 is 0. The van der Waals surface area contributed by atoms with Crippen LogP contribution in [0.5, 0.6) is 0 Å². The molecule has 0 radical (unpaired) electrons. The number of quaternary nitrogens is 1. The molecule has 8 nitrogen and oxygen atoms in total. The summed E-state index contributed by atoms with van der Waals surface area (Å²) in [6, 6.07) is -0.794. The summed E-state index contributed by atoms with van der Waals surface area (Å²) in [7, 11) is 1.57. The maximum absolute atomic E-state index is 13.0. The number of aliphatic hydroxyl groups is 1. The minimum absolute atomic E-state index is 0.0596. The van der Waals surface area contributed by atoms with Gasteiger partial charge >= 0.3 is 7.82 Å². The lowest BCUT2D eigenvalue weighted by atomic mass is 10.0. The van der Waals surface area contributed by atoms with Crippen LogP contribution in [0.3, 0.4) is 0 Å². The molecule has 0 saturated carbocycles. The number of amides is 1. The molecule has 0 aromatic heterocycles. The predicted octanol–water partition coefficient (Wildman–Crippen LogP) is 18.9. The molecule has 3 unspecified atom stereocenters. The zero-order valence-electron chi connectivity index (χ0n) is 49.0. The molecule has 0 aromatic rings. The Bertz CT molecular complexity index is 1630. The molecule has 430 valence electrons. The van der Waals surface area contributed by atoms with Crippen molar-refractivity contribution in [2.24, 2.45) is 0 Å². The largest absolute Gasteiger partial charge is 0.472 e. The Labute approximate surface area is 463 Å². The Balaban J connectivity index is 4.29. The first-order chi connectivity index (χ1) is 36.5. The molecule has 0 aliphatic carbocycles. The Morgan fingerprint density at radius 2 is 0.800 bits per heavy atom. The number of carbonyl (C=O) groups is 1. The average Bonchev–Trinajstić information content (AvgIpc) is 3.37. The number of aliphatic hydroxyl groups excluding tert-OH is 1. The van der Waals surface area contributed by atoms with E-state index in [-0.39, 0.29) is 19.1 Å². The Morgan fingerprint density at radius 3 is 1.15 bits per heavy atom. The van der Waals surface area contributed by atoms with Gasteiger partial charge in [0.05, 0.1) is 39.9 Å². The quantitative estimate of drug-likeness (QED) is 0.0243. The molecule has 0 fully saturated rings. The number of hydrogen-bond donors (Lipinski definition) is 3. The van der Waals surface area contributed by atoms with Crippen LogP contribution in [0.1, 0.15) is 239 Å². The van der Waals surface area contributed by atoms with Gasteiger partial charge in [0, 0.05) is 6.42 Å². The lowest BCUT2D eigenvalue weighted by Crippen LogP contribution is -2.46. The highest BCUT2D eigenvalue weighted by atomic mass is 31.2. The number of unbranched alkanes of at least 4 members (excludes halogenated alkanes) is 21. The van der Waals surface area contributed by atoms with E-state index < -0.39 is 20.0 Å². The fraction of sp³-hybridized carbons (Fsp3) is 0.682. The van der Waals surface area contributed by atoms with Crippen LogP contribution in [0.25, 0.3) is 0 Å². The molecule has 75 heavy (non-hydrogen) atoms. The molecule has 0 spiro atoms. The molecule has 0 bridgehead atoms. The lowest BCUT2D eigenvalue weighted by Gasteiger charge is -2.26. The highest BCUT2D eigenvalue weighted by Crippen LogP contribution is 2.43. The Morgan fingerprint density at radius 1 is 0.467 bits per heavy atom. The molecule has 0 saturated heterocycles. The van der Waals surface area contributed by atoms with E-state index in [1.165, 1.54) is 109 Å². The van der Waals surface area contributed by atoms with Crippen molar-refractivity contribution >= 4 is 13.7 Å². The van der Waals surface area contributed by atoms with E-state index in [0.29, 0.717) is 30.3 Å². The van der Waals surface area contributed by atoms with Gasteiger partial charge < -0.3 is 19.8 Å². The maximum atomic E-state index is 13.0. The first-order valence-electron chi connectivity index (χ1n) is 30.4. The molecule has 1 amide bonds. The highest BCUT2D eigenvalue weighted by molar-refractivity contribution is 7.47. The van der Waals surface area contributed by atoms with Crippen LogP contribution in [0.4, 0.5) is 0 Å². The normalized spacial score (nSPS) is 14.7. The standard InChI is InChI=1S/C66H115N2O6P/c1-6-8-10-12-14-16-18-20-22-24-26-28-29-30-31-32-33-34-35-36-37-38-39-40-42-44-46-48-50-52-54-56-58-60-66(70)67-64(63-74-75(71,72)73-62-61-68(3,4)5)65(69)59-57-55-53-51-49-47-45-43-41-27-25-23-21-19-17-15-13-11-9-7-2/h8,10,14,16,20,22,26,28,30-31,33-34,36-37,39-40,44,46,50,52,64-65,69H,6-7,9,11-13,15,17-19,21,23-25,27,29,32,35,38,41-43,45,47-49,51,53-63H2,1-5H3,(H-,67,70,71,72)/p+1/b10-8-,16-14-,22-20-,28-26-,31-30-,34-33-,37-36-,40-39-,46-44-,52-50-. The lowest BCUT2D eigenvalue weighted by molar-refractivity contribution is -0.870. The minimum atomic E-state index is -4.35. The Hall–Kier alpha value is -3.10. The van der Waals surface area contributed by atoms with Crippen LogP contribution in [0, 0.1) is 0 Å². The van der Waals surface area contributed by atoms with Gasteiger partial charge in [-0.25, -0.2) is 4.57 Å². The van der Waals surface area contributed by atoms with Crippen LogP contribution in [0.2, 0.25) is 0 Å². The van der Waals surface area contributed by atoms with Crippen molar-refractivity contribution in [2.75, 3.05) is 40.9 Å². The van der Waals surface area contributed by atoms with Gasteiger partial charge in [-0.1, -0.05) is 264 Å². The van der Waals surface area contributed by atoms with Crippen LogP contribution in [0.15, 0.2) is 122 Å². The van der Waals surface area contributed by atoms with Crippen LogP contribution in [-0.2, 0) is 18.4 Å². The molecule has 0 aliphatic rings. The van der Waals surface area contributed by atoms with Crippen molar-refractivity contribution in [3.8, 4) is 0 Å². The van der Waals surface area contributed by atoms with Gasteiger partial charge in [0.15, 0.2) is 0 Å². The van der Waals surface area contributed by atoms with E-state index in [1.807, 2.05) is 21.1 Å². The van der Waals surface area contributed by atoms with E-state index >= 15 is 0 Å². The van der Waals surface area contributed by atoms with Crippen LogP contribution >= 0.6 is 7.82 Å². The molecular formula is C66H116N2O6P+. The summed E-state index contributed by atoms with van der Waals surface area (Å²) in [5.74, 6) is -0.190. The number of carbonyl (C=O) groups excluding carboxylic acids is 1. The average molecular weight is 1060 g/mol. The molecule has 3 N–H and O–H groups in total. The third kappa shape index (κ3) is 58.4. The van der Waals surface area contributed by atoms with Crippen LogP contribution < -0.4 is 5.32 Å². The smallest absolute Gasteiger partial charge is 0.391 e. The fourth-order valence-electron chi connectivity index (χ4n) is 8.25. The summed E-state index contributed by atoms with van der Waals surface area (Å²) in [4.78, 5) is 23.3. The molecule has 0 aliphatic heterocycles. The molecule has 0 heterocycles. The number of phosphoric acid groups is 1. The van der Waals surface area contributed by atoms with E-state index in [4.69, 9.17) is 9.05 Å². The van der Waals surface area contributed by atoms with Crippen LogP contribution in [-0.4, -0.2) is 73.4 Å². The summed E-state index contributed by atoms with van der Waals surface area (Å²) in [6.45, 7) is 4.74. The predicted molar refractivity (Wildman–Crippen MR) is 327 cm³/mol. The zero-order valence-corrected chi connectivity index (χ0v) is 49.9. The zero-order chi connectivity index (χ0) is 54.9. The van der Waals surface area contributed by atoms with Crippen molar-refractivity contribution in [1.82, 2.24) is 5.32 Å². The van der Waals surface area contributed by atoms with Gasteiger partial charge in [-0.05, 0) is 89.9 Å². The van der Waals surface area contributed by atoms with Crippen molar-refractivity contribution in [2.45, 2.75) is 251 Å². The van der Waals surface area contributed by atoms with Crippen molar-refractivity contribution in [3.05, 3.63) is 122 Å². The molecule has 3 atom stereocenters. The molecule has 0 rings (SSSR count). The number of nitrogens with zero attached hydrogens (tertiary/aromatic N) is 1. The number of likely N-dealkylation sites (N-methyl/N-ethyl adjacent to an activating group) is 1. The van der Waals surface area contributed by atoms with Gasteiger partial charge in [-0.2, -0.15) is 0 Å². The summed E-state index contributed by atoms with van der Waals surface area (Å²) in [6.07, 6.45) is 82.6. The second kappa shape index (κ2) is 55.6. The van der Waals surface area contributed by atoms with Gasteiger partial charge in [0.2, 0.25) is 5.91 Å². The van der Waals surface area contributed by atoms with Gasteiger partial charge in [0.1, 0.15) is 13.2 Å². The van der Waals surface area contributed by atoms with Gasteiger partial charge in [0.25, 0.3) is 0 Å². The Kier molecular flexibility index (Phi) is 53.3. The number of nitrogens with one attached hydrogen (secondary N) is 1. The number of allylic oxidation sites excluding steroid dienone is 20. The van der Waals surface area contributed by atoms with E-state index in [2.05, 4.69) is 141 Å². The topological polar surface area (TPSA) is 105 Å². The van der Waals surface area contributed by atoms with E-state index in [0.717, 1.165) is 96.3 Å². The number of phosphoric ester groups is 1. The van der Waals surface area contributed by atoms with Crippen molar-refractivity contribution < 1.29 is 32.9 Å². The molecule has 0 aromatic carbocycles. The summed E-state index contributed by atoms with van der Waals surface area (Å²) < 4.78 is 23.8. The molecule has 9 heteroatoms. The van der Waals surface area contributed by atoms with Crippen molar-refractivity contribution in [3.63, 3.8) is 0 Å². The second-order valence-corrected chi connectivity index (χ2v) is 22.8. The molecular weight excluding hydrogens is 948 g/mol. The second-order valence-electron chi connectivity index (χ2n) is 21.3. The minimum Gasteiger partial charge on any atom is -0.391 e. The summed E-state index contributed by atoms with van der Waals surface area (Å²) in [5.41, 5.74) is 0. The third-order valence-corrected chi connectivity index (χ3v) is 14.0. The first-order valence-corrected chi connectivity index (χ1v) is 31.9. The third-order valence-electron chi connectivity index (χ3n) is 13.0. The van der Waals surface area contributed by atoms with Gasteiger partial charge in [-0.3, -0.25) is 13.8 Å². The SMILES string of the molecule is CC/C=C\C/C=C\C/C=C\C/C=C\C/C=C\C/C=C\C/C=C\C/C=C\C/C=C\C/C=C\CCCCC(=O)NC(COP(=O)(O)OCC[N+](C)(C)C)C(O)CCCCCCCCCCCCCCCCCCCCCC. The van der Waals surface area contributed by atoms with E-state index in [9.17, 15) is 19.4 Å². The number of rotatable bonds is 54. The fourth-order valence-corrected chi connectivity index (χ4v) is 8.99. The highest BCUT2D eigenvalue weighted by Gasteiger charge is 2.28.